The first kappa shape index (κ1) is 13.1. The average molecular weight is 286 g/mol. The molecule has 0 aliphatic carbocycles. The third kappa shape index (κ3) is 2.71. The van der Waals surface area contributed by atoms with Crippen molar-refractivity contribution in [3.8, 4) is 11.4 Å². The first-order valence-corrected chi connectivity index (χ1v) is 6.29. The largest absolute Gasteiger partial charge is 0.490 e. The van der Waals surface area contributed by atoms with E-state index in [1.807, 2.05) is 6.92 Å². The zero-order valence-electron chi connectivity index (χ0n) is 9.86. The van der Waals surface area contributed by atoms with E-state index < -0.39 is 0 Å². The Labute approximate surface area is 115 Å². The molecule has 2 aromatic rings. The van der Waals surface area contributed by atoms with E-state index in [1.165, 1.54) is 0 Å². The van der Waals surface area contributed by atoms with E-state index >= 15 is 0 Å². The summed E-state index contributed by atoms with van der Waals surface area (Å²) in [5, 5.41) is 5.04. The molecular weight excluding hydrogens is 273 g/mol. The van der Waals surface area contributed by atoms with Gasteiger partial charge < -0.3 is 10.5 Å². The lowest BCUT2D eigenvalue weighted by Crippen LogP contribution is -2.00. The molecule has 6 heteroatoms. The van der Waals surface area contributed by atoms with Gasteiger partial charge in [0.1, 0.15) is 0 Å². The van der Waals surface area contributed by atoms with E-state index in [2.05, 4.69) is 5.10 Å². The van der Waals surface area contributed by atoms with Crippen LogP contribution in [-0.2, 0) is 0 Å². The lowest BCUT2D eigenvalue weighted by atomic mass is 10.2. The van der Waals surface area contributed by atoms with Crippen molar-refractivity contribution in [2.45, 2.75) is 13.3 Å². The third-order valence-corrected chi connectivity index (χ3v) is 3.07. The van der Waals surface area contributed by atoms with Crippen molar-refractivity contribution in [1.82, 2.24) is 9.78 Å². The summed E-state index contributed by atoms with van der Waals surface area (Å²) in [4.78, 5) is 0. The Bertz CT molecular complexity index is 554. The Balaban J connectivity index is 2.31. The van der Waals surface area contributed by atoms with Crippen LogP contribution in [0.2, 0.25) is 10.0 Å². The minimum absolute atomic E-state index is 0.424. The molecule has 1 heterocycles. The maximum absolute atomic E-state index is 5.97. The smallest absolute Gasteiger partial charge is 0.157 e. The molecule has 0 radical (unpaired) electrons. The van der Waals surface area contributed by atoms with E-state index in [9.17, 15) is 0 Å². The summed E-state index contributed by atoms with van der Waals surface area (Å²) in [5.41, 5.74) is 7.07. The van der Waals surface area contributed by atoms with Gasteiger partial charge in [-0.05, 0) is 18.6 Å². The van der Waals surface area contributed by atoms with Gasteiger partial charge >= 0.3 is 0 Å². The third-order valence-electron chi connectivity index (χ3n) is 2.35. The highest BCUT2D eigenvalue weighted by Gasteiger charge is 2.09. The first-order valence-electron chi connectivity index (χ1n) is 5.54. The summed E-state index contributed by atoms with van der Waals surface area (Å²) in [7, 11) is 0. The summed E-state index contributed by atoms with van der Waals surface area (Å²) in [6, 6.07) is 3.28. The van der Waals surface area contributed by atoms with E-state index in [4.69, 9.17) is 33.7 Å². The molecule has 0 fully saturated rings. The van der Waals surface area contributed by atoms with Gasteiger partial charge in [0.2, 0.25) is 0 Å². The molecule has 1 aromatic heterocycles. The van der Waals surface area contributed by atoms with E-state index in [1.54, 1.807) is 29.2 Å². The molecule has 0 unspecified atom stereocenters. The van der Waals surface area contributed by atoms with Crippen molar-refractivity contribution in [3.63, 3.8) is 0 Å². The standard InChI is InChI=1S/C12H13Cl2N3O/c1-2-3-18-8-6-16-17(7-8)12-5-10(14)9(13)4-11(12)15/h4-7H,2-3,15H2,1H3. The lowest BCUT2D eigenvalue weighted by molar-refractivity contribution is 0.317. The number of nitrogens with zero attached hydrogens (tertiary/aromatic N) is 2. The minimum Gasteiger partial charge on any atom is -0.490 e. The van der Waals surface area contributed by atoms with E-state index in [0.717, 1.165) is 6.42 Å². The summed E-state index contributed by atoms with van der Waals surface area (Å²) < 4.78 is 7.08. The predicted octanol–water partition coefficient (Wildman–Crippen LogP) is 3.55. The average Bonchev–Trinajstić information content (AvgIpc) is 2.79. The van der Waals surface area contributed by atoms with Gasteiger partial charge in [-0.3, -0.25) is 0 Å². The van der Waals surface area contributed by atoms with Crippen molar-refractivity contribution in [2.75, 3.05) is 12.3 Å². The van der Waals surface area contributed by atoms with Crippen molar-refractivity contribution < 1.29 is 4.74 Å². The SMILES string of the molecule is CCCOc1cnn(-c2cc(Cl)c(Cl)cc2N)c1. The Morgan fingerprint density at radius 2 is 2.06 bits per heavy atom. The number of rotatable bonds is 4. The topological polar surface area (TPSA) is 53.1 Å². The van der Waals surface area contributed by atoms with Gasteiger partial charge in [0.25, 0.3) is 0 Å². The molecule has 0 saturated heterocycles. The van der Waals surface area contributed by atoms with Crippen LogP contribution in [0.25, 0.3) is 5.69 Å². The van der Waals surface area contributed by atoms with Crippen LogP contribution >= 0.6 is 23.2 Å². The Morgan fingerprint density at radius 1 is 1.33 bits per heavy atom. The van der Waals surface area contributed by atoms with Crippen LogP contribution in [0, 0.1) is 0 Å². The molecule has 0 saturated carbocycles. The zero-order valence-corrected chi connectivity index (χ0v) is 11.4. The fourth-order valence-corrected chi connectivity index (χ4v) is 1.81. The molecule has 2 N–H and O–H groups in total. The van der Waals surface area contributed by atoms with Crippen LogP contribution < -0.4 is 10.5 Å². The van der Waals surface area contributed by atoms with Gasteiger partial charge in [0, 0.05) is 0 Å². The number of halogens is 2. The molecule has 2 rings (SSSR count). The second-order valence-electron chi connectivity index (χ2n) is 3.79. The van der Waals surface area contributed by atoms with Gasteiger partial charge in [-0.25, -0.2) is 4.68 Å². The van der Waals surface area contributed by atoms with Crippen LogP contribution in [0.1, 0.15) is 13.3 Å². The van der Waals surface area contributed by atoms with Crippen molar-refractivity contribution in [3.05, 3.63) is 34.6 Å². The highest BCUT2D eigenvalue weighted by atomic mass is 35.5. The molecule has 0 spiro atoms. The summed E-state index contributed by atoms with van der Waals surface area (Å²) in [6.07, 6.45) is 4.34. The minimum atomic E-state index is 0.424. The normalized spacial score (nSPS) is 10.6. The number of benzene rings is 1. The zero-order chi connectivity index (χ0) is 13.1. The Morgan fingerprint density at radius 3 is 2.78 bits per heavy atom. The summed E-state index contributed by atoms with van der Waals surface area (Å²) in [5.74, 6) is 0.697. The number of hydrogen-bond acceptors (Lipinski definition) is 3. The number of aromatic nitrogens is 2. The molecule has 1 aromatic carbocycles. The maximum Gasteiger partial charge on any atom is 0.157 e. The second-order valence-corrected chi connectivity index (χ2v) is 4.61. The highest BCUT2D eigenvalue weighted by Crippen LogP contribution is 2.30. The number of nitrogens with two attached hydrogens (primary N) is 1. The number of hydrogen-bond donors (Lipinski definition) is 1. The molecule has 0 aliphatic heterocycles. The fraction of sp³-hybridized carbons (Fsp3) is 0.250. The Hall–Kier alpha value is -1.39. The highest BCUT2D eigenvalue weighted by molar-refractivity contribution is 6.42. The van der Waals surface area contributed by atoms with Crippen LogP contribution in [0.5, 0.6) is 5.75 Å². The fourth-order valence-electron chi connectivity index (χ4n) is 1.48. The molecule has 96 valence electrons. The van der Waals surface area contributed by atoms with E-state index in [0.29, 0.717) is 33.8 Å². The number of nitrogen functional groups attached to an aromatic ring is 1. The molecule has 0 atom stereocenters. The van der Waals surface area contributed by atoms with Crippen molar-refractivity contribution in [1.29, 1.82) is 0 Å². The molecule has 0 bridgehead atoms. The molecule has 4 nitrogen and oxygen atoms in total. The van der Waals surface area contributed by atoms with Crippen molar-refractivity contribution in [2.24, 2.45) is 0 Å². The summed E-state index contributed by atoms with van der Waals surface area (Å²) in [6.45, 7) is 2.70. The summed E-state index contributed by atoms with van der Waals surface area (Å²) >= 11 is 11.8. The van der Waals surface area contributed by atoms with Crippen LogP contribution in [0.4, 0.5) is 5.69 Å². The maximum atomic E-state index is 5.97. The second kappa shape index (κ2) is 5.50. The predicted molar refractivity (Wildman–Crippen MR) is 73.8 cm³/mol. The molecule has 0 aliphatic rings. The van der Waals surface area contributed by atoms with Gasteiger partial charge in [-0.2, -0.15) is 5.10 Å². The molecular formula is C12H13Cl2N3O. The van der Waals surface area contributed by atoms with Gasteiger partial charge in [-0.1, -0.05) is 30.1 Å². The molecule has 0 amide bonds. The van der Waals surface area contributed by atoms with Crippen LogP contribution in [0.3, 0.4) is 0 Å². The lowest BCUT2D eigenvalue weighted by Gasteiger charge is -2.07. The monoisotopic (exact) mass is 285 g/mol. The molecule has 18 heavy (non-hydrogen) atoms. The van der Waals surface area contributed by atoms with Crippen LogP contribution in [0.15, 0.2) is 24.5 Å². The van der Waals surface area contributed by atoms with Crippen molar-refractivity contribution >= 4 is 28.9 Å². The Kier molecular flexibility index (Phi) is 3.99. The quantitative estimate of drug-likeness (QED) is 0.874. The number of ether oxygens (including phenoxy) is 1. The van der Waals surface area contributed by atoms with Gasteiger partial charge in [0.15, 0.2) is 5.75 Å². The van der Waals surface area contributed by atoms with E-state index in [-0.39, 0.29) is 0 Å². The first-order chi connectivity index (χ1) is 8.61. The number of anilines is 1. The van der Waals surface area contributed by atoms with Gasteiger partial charge in [-0.15, -0.1) is 0 Å². The van der Waals surface area contributed by atoms with Crippen LogP contribution in [-0.4, -0.2) is 16.4 Å². The van der Waals surface area contributed by atoms with Gasteiger partial charge in [0.05, 0.1) is 40.4 Å².